The van der Waals surface area contributed by atoms with E-state index in [2.05, 4.69) is 10.6 Å². The average molecular weight is 440 g/mol. The molecular weight excluding hydrogens is 409 g/mol. The fourth-order valence-corrected chi connectivity index (χ4v) is 4.04. The molecule has 0 radical (unpaired) electrons. The minimum absolute atomic E-state index is 0.0519. The number of amides is 3. The van der Waals surface area contributed by atoms with Gasteiger partial charge in [0.05, 0.1) is 5.56 Å². The number of benzene rings is 2. The second-order valence-corrected chi connectivity index (χ2v) is 8.17. The van der Waals surface area contributed by atoms with Crippen LogP contribution in [0.2, 0.25) is 0 Å². The SMILES string of the molecule is CCCNC(=O)C(NC(=O)c1ccccc1C)C1CCN(C(=O)c2ccccc2F)CC1. The molecule has 2 aromatic carbocycles. The maximum atomic E-state index is 14.0. The van der Waals surface area contributed by atoms with Crippen LogP contribution in [0.1, 0.15) is 52.5 Å². The molecule has 0 spiro atoms. The first-order valence-electron chi connectivity index (χ1n) is 11.1. The molecule has 0 bridgehead atoms. The van der Waals surface area contributed by atoms with Gasteiger partial charge in [-0.15, -0.1) is 0 Å². The number of nitrogens with one attached hydrogen (secondary N) is 2. The standard InChI is InChI=1S/C25H30FN3O3/c1-3-14-27-24(31)22(28-23(30)19-9-5-4-8-17(19)2)18-12-15-29(16-13-18)25(32)20-10-6-7-11-21(20)26/h4-11,18,22H,3,12-16H2,1-2H3,(H,27,31)(H,28,30). The second-order valence-electron chi connectivity index (χ2n) is 8.17. The van der Waals surface area contributed by atoms with Gasteiger partial charge in [-0.05, 0) is 55.9 Å². The Balaban J connectivity index is 1.70. The van der Waals surface area contributed by atoms with E-state index in [1.165, 1.54) is 12.1 Å². The highest BCUT2D eigenvalue weighted by Crippen LogP contribution is 2.24. The zero-order valence-corrected chi connectivity index (χ0v) is 18.6. The van der Waals surface area contributed by atoms with Crippen LogP contribution in [-0.4, -0.2) is 48.3 Å². The van der Waals surface area contributed by atoms with Gasteiger partial charge in [0, 0.05) is 25.2 Å². The number of aryl methyl sites for hydroxylation is 1. The van der Waals surface area contributed by atoms with E-state index in [1.54, 1.807) is 29.2 Å². The topological polar surface area (TPSA) is 78.5 Å². The van der Waals surface area contributed by atoms with Crippen LogP contribution in [0.3, 0.4) is 0 Å². The van der Waals surface area contributed by atoms with Gasteiger partial charge < -0.3 is 15.5 Å². The lowest BCUT2D eigenvalue weighted by Crippen LogP contribution is -2.54. The third-order valence-corrected chi connectivity index (χ3v) is 5.91. The number of carbonyl (C=O) groups excluding carboxylic acids is 3. The van der Waals surface area contributed by atoms with Gasteiger partial charge in [0.2, 0.25) is 5.91 Å². The largest absolute Gasteiger partial charge is 0.354 e. The summed E-state index contributed by atoms with van der Waals surface area (Å²) in [5.41, 5.74) is 1.42. The molecule has 0 aliphatic carbocycles. The summed E-state index contributed by atoms with van der Waals surface area (Å²) < 4.78 is 14.0. The Kier molecular flexibility index (Phi) is 7.98. The highest BCUT2D eigenvalue weighted by molar-refractivity contribution is 5.98. The Morgan fingerprint density at radius 2 is 1.66 bits per heavy atom. The molecule has 3 amide bonds. The summed E-state index contributed by atoms with van der Waals surface area (Å²) in [6, 6.07) is 12.5. The van der Waals surface area contributed by atoms with Crippen LogP contribution in [0.25, 0.3) is 0 Å². The lowest BCUT2D eigenvalue weighted by molar-refractivity contribution is -0.124. The number of hydrogen-bond acceptors (Lipinski definition) is 3. The lowest BCUT2D eigenvalue weighted by Gasteiger charge is -2.36. The maximum absolute atomic E-state index is 14.0. The number of halogens is 1. The number of hydrogen-bond donors (Lipinski definition) is 2. The van der Waals surface area contributed by atoms with Gasteiger partial charge in [0.1, 0.15) is 11.9 Å². The van der Waals surface area contributed by atoms with Gasteiger partial charge in [-0.25, -0.2) is 4.39 Å². The number of likely N-dealkylation sites (tertiary alicyclic amines) is 1. The highest BCUT2D eigenvalue weighted by Gasteiger charge is 2.34. The Bertz CT molecular complexity index is 970. The van der Waals surface area contributed by atoms with Crippen molar-refractivity contribution in [1.82, 2.24) is 15.5 Å². The van der Waals surface area contributed by atoms with E-state index < -0.39 is 11.9 Å². The van der Waals surface area contributed by atoms with E-state index in [0.717, 1.165) is 12.0 Å². The minimum Gasteiger partial charge on any atom is -0.354 e. The number of carbonyl (C=O) groups is 3. The summed E-state index contributed by atoms with van der Waals surface area (Å²) in [6.45, 7) is 5.15. The molecule has 2 N–H and O–H groups in total. The van der Waals surface area contributed by atoms with E-state index in [-0.39, 0.29) is 29.2 Å². The molecule has 1 fully saturated rings. The first kappa shape index (κ1) is 23.4. The summed E-state index contributed by atoms with van der Waals surface area (Å²) in [6.07, 6.45) is 1.87. The number of nitrogens with zero attached hydrogens (tertiary/aromatic N) is 1. The van der Waals surface area contributed by atoms with Crippen molar-refractivity contribution in [2.45, 2.75) is 39.2 Å². The van der Waals surface area contributed by atoms with Crippen LogP contribution in [0.5, 0.6) is 0 Å². The van der Waals surface area contributed by atoms with Crippen molar-refractivity contribution in [3.8, 4) is 0 Å². The normalized spacial score (nSPS) is 15.2. The van der Waals surface area contributed by atoms with Crippen molar-refractivity contribution >= 4 is 17.7 Å². The Labute approximate surface area is 188 Å². The molecule has 2 aromatic rings. The van der Waals surface area contributed by atoms with Crippen LogP contribution in [0.15, 0.2) is 48.5 Å². The second kappa shape index (κ2) is 10.9. The van der Waals surface area contributed by atoms with Crippen molar-refractivity contribution in [2.24, 2.45) is 5.92 Å². The van der Waals surface area contributed by atoms with E-state index >= 15 is 0 Å². The Morgan fingerprint density at radius 1 is 1.03 bits per heavy atom. The summed E-state index contributed by atoms with van der Waals surface area (Å²) in [5.74, 6) is -1.51. The maximum Gasteiger partial charge on any atom is 0.256 e. The lowest BCUT2D eigenvalue weighted by atomic mass is 9.88. The third kappa shape index (κ3) is 5.52. The van der Waals surface area contributed by atoms with Crippen molar-refractivity contribution in [3.05, 3.63) is 71.0 Å². The zero-order valence-electron chi connectivity index (χ0n) is 18.6. The molecule has 170 valence electrons. The molecule has 1 aliphatic heterocycles. The summed E-state index contributed by atoms with van der Waals surface area (Å²) in [5, 5.41) is 5.81. The number of rotatable bonds is 7. The van der Waals surface area contributed by atoms with Gasteiger partial charge in [0.15, 0.2) is 0 Å². The molecule has 1 atom stereocenters. The van der Waals surface area contributed by atoms with Crippen LogP contribution >= 0.6 is 0 Å². The smallest absolute Gasteiger partial charge is 0.256 e. The van der Waals surface area contributed by atoms with Gasteiger partial charge in [-0.1, -0.05) is 37.3 Å². The molecule has 6 nitrogen and oxygen atoms in total. The molecule has 1 saturated heterocycles. The monoisotopic (exact) mass is 439 g/mol. The predicted octanol–water partition coefficient (Wildman–Crippen LogP) is 3.31. The first-order chi connectivity index (χ1) is 15.4. The molecule has 7 heteroatoms. The Hall–Kier alpha value is -3.22. The van der Waals surface area contributed by atoms with Gasteiger partial charge in [-0.2, -0.15) is 0 Å². The molecule has 3 rings (SSSR count). The van der Waals surface area contributed by atoms with Crippen molar-refractivity contribution in [1.29, 1.82) is 0 Å². The molecular formula is C25H30FN3O3. The van der Waals surface area contributed by atoms with Gasteiger partial charge in [0.25, 0.3) is 11.8 Å². The van der Waals surface area contributed by atoms with Crippen LogP contribution in [0, 0.1) is 18.7 Å². The summed E-state index contributed by atoms with van der Waals surface area (Å²) >= 11 is 0. The van der Waals surface area contributed by atoms with E-state index in [0.29, 0.717) is 38.0 Å². The predicted molar refractivity (Wildman–Crippen MR) is 121 cm³/mol. The third-order valence-electron chi connectivity index (χ3n) is 5.91. The van der Waals surface area contributed by atoms with Crippen molar-refractivity contribution in [2.75, 3.05) is 19.6 Å². The van der Waals surface area contributed by atoms with Crippen LogP contribution in [0.4, 0.5) is 4.39 Å². The highest BCUT2D eigenvalue weighted by atomic mass is 19.1. The van der Waals surface area contributed by atoms with E-state index in [1.807, 2.05) is 26.0 Å². The van der Waals surface area contributed by atoms with Gasteiger partial charge in [-0.3, -0.25) is 14.4 Å². The molecule has 32 heavy (non-hydrogen) atoms. The van der Waals surface area contributed by atoms with Crippen LogP contribution in [-0.2, 0) is 4.79 Å². The van der Waals surface area contributed by atoms with E-state index in [9.17, 15) is 18.8 Å². The molecule has 1 heterocycles. The van der Waals surface area contributed by atoms with Crippen molar-refractivity contribution in [3.63, 3.8) is 0 Å². The van der Waals surface area contributed by atoms with Crippen molar-refractivity contribution < 1.29 is 18.8 Å². The quantitative estimate of drug-likeness (QED) is 0.695. The number of piperidine rings is 1. The molecule has 0 aromatic heterocycles. The van der Waals surface area contributed by atoms with Gasteiger partial charge >= 0.3 is 0 Å². The summed E-state index contributed by atoms with van der Waals surface area (Å²) in [7, 11) is 0. The van der Waals surface area contributed by atoms with E-state index in [4.69, 9.17) is 0 Å². The zero-order chi connectivity index (χ0) is 23.1. The average Bonchev–Trinajstić information content (AvgIpc) is 2.81. The molecule has 0 saturated carbocycles. The molecule has 1 aliphatic rings. The summed E-state index contributed by atoms with van der Waals surface area (Å²) in [4.78, 5) is 40.1. The first-order valence-corrected chi connectivity index (χ1v) is 11.1. The molecule has 1 unspecified atom stereocenters. The fraction of sp³-hybridized carbons (Fsp3) is 0.400. The van der Waals surface area contributed by atoms with Crippen LogP contribution < -0.4 is 10.6 Å². The minimum atomic E-state index is -0.695. The fourth-order valence-electron chi connectivity index (χ4n) is 4.04. The Morgan fingerprint density at radius 3 is 2.28 bits per heavy atom.